The fraction of sp³-hybridized carbons (Fsp3) is 0.429. The first-order valence-electron chi connectivity index (χ1n) is 9.24. The summed E-state index contributed by atoms with van der Waals surface area (Å²) in [6.07, 6.45) is 4.66. The Kier molecular flexibility index (Phi) is 7.93. The Bertz CT molecular complexity index is 697. The number of aromatic nitrogens is 1. The van der Waals surface area contributed by atoms with Gasteiger partial charge in [0.05, 0.1) is 6.61 Å². The number of hydrogen-bond acceptors (Lipinski definition) is 3. The van der Waals surface area contributed by atoms with Gasteiger partial charge in [0, 0.05) is 39.1 Å². The predicted molar refractivity (Wildman–Crippen MR) is 108 cm³/mol. The minimum Gasteiger partial charge on any atom is -0.494 e. The molecule has 0 aliphatic heterocycles. The van der Waals surface area contributed by atoms with Crippen molar-refractivity contribution < 1.29 is 4.74 Å². The van der Waals surface area contributed by atoms with Gasteiger partial charge in [-0.3, -0.25) is 9.98 Å². The van der Waals surface area contributed by atoms with E-state index in [0.717, 1.165) is 37.8 Å². The van der Waals surface area contributed by atoms with Gasteiger partial charge in [0.25, 0.3) is 0 Å². The van der Waals surface area contributed by atoms with Crippen molar-refractivity contribution in [1.29, 1.82) is 0 Å². The third kappa shape index (κ3) is 6.06. The first-order valence-corrected chi connectivity index (χ1v) is 9.24. The van der Waals surface area contributed by atoms with E-state index in [9.17, 15) is 0 Å². The minimum atomic E-state index is 0.688. The molecular weight excluding hydrogens is 324 g/mol. The van der Waals surface area contributed by atoms with Crippen molar-refractivity contribution in [3.05, 3.63) is 59.4 Å². The van der Waals surface area contributed by atoms with Gasteiger partial charge in [0.1, 0.15) is 5.75 Å². The Labute approximate surface area is 157 Å². The summed E-state index contributed by atoms with van der Waals surface area (Å²) in [5.41, 5.74) is 3.75. The average molecular weight is 354 g/mol. The van der Waals surface area contributed by atoms with Gasteiger partial charge in [-0.25, -0.2) is 0 Å². The summed E-state index contributed by atoms with van der Waals surface area (Å²) in [6.45, 7) is 9.26. The van der Waals surface area contributed by atoms with Crippen molar-refractivity contribution in [2.24, 2.45) is 4.99 Å². The molecule has 140 valence electrons. The third-order valence-electron chi connectivity index (χ3n) is 4.13. The van der Waals surface area contributed by atoms with E-state index in [2.05, 4.69) is 54.3 Å². The van der Waals surface area contributed by atoms with E-state index in [1.807, 2.05) is 31.5 Å². The number of aryl methyl sites for hydroxylation is 1. The Morgan fingerprint density at radius 1 is 1.19 bits per heavy atom. The molecule has 0 fully saturated rings. The van der Waals surface area contributed by atoms with E-state index >= 15 is 0 Å². The first kappa shape index (κ1) is 19.8. The van der Waals surface area contributed by atoms with Crippen LogP contribution in [0.1, 0.15) is 30.5 Å². The van der Waals surface area contributed by atoms with Gasteiger partial charge in [0.2, 0.25) is 0 Å². The van der Waals surface area contributed by atoms with Gasteiger partial charge in [-0.05, 0) is 62.1 Å². The van der Waals surface area contributed by atoms with Crippen molar-refractivity contribution in [1.82, 2.24) is 15.2 Å². The Morgan fingerprint density at radius 2 is 1.96 bits per heavy atom. The van der Waals surface area contributed by atoms with E-state index in [-0.39, 0.29) is 0 Å². The van der Waals surface area contributed by atoms with Crippen molar-refractivity contribution in [3.63, 3.8) is 0 Å². The fourth-order valence-corrected chi connectivity index (χ4v) is 2.74. The highest BCUT2D eigenvalue weighted by Gasteiger charge is 2.07. The van der Waals surface area contributed by atoms with Gasteiger partial charge >= 0.3 is 0 Å². The van der Waals surface area contributed by atoms with Crippen LogP contribution in [0.4, 0.5) is 0 Å². The van der Waals surface area contributed by atoms with Crippen molar-refractivity contribution >= 4 is 5.96 Å². The van der Waals surface area contributed by atoms with Crippen LogP contribution in [-0.4, -0.2) is 42.6 Å². The van der Waals surface area contributed by atoms with Crippen molar-refractivity contribution in [2.45, 2.75) is 33.7 Å². The maximum absolute atomic E-state index is 5.50. The second kappa shape index (κ2) is 10.4. The quantitative estimate of drug-likeness (QED) is 0.583. The Morgan fingerprint density at radius 3 is 2.62 bits per heavy atom. The molecule has 5 nitrogen and oxygen atoms in total. The summed E-state index contributed by atoms with van der Waals surface area (Å²) in [6, 6.07) is 10.3. The molecule has 0 saturated carbocycles. The first-order chi connectivity index (χ1) is 12.6. The molecule has 0 saturated heterocycles. The molecule has 0 spiro atoms. The molecule has 0 amide bonds. The van der Waals surface area contributed by atoms with Crippen LogP contribution < -0.4 is 10.1 Å². The van der Waals surface area contributed by atoms with Crippen molar-refractivity contribution in [3.8, 4) is 5.75 Å². The Balaban J connectivity index is 1.97. The van der Waals surface area contributed by atoms with E-state index in [1.54, 1.807) is 0 Å². The zero-order valence-electron chi connectivity index (χ0n) is 16.3. The highest BCUT2D eigenvalue weighted by atomic mass is 16.5. The summed E-state index contributed by atoms with van der Waals surface area (Å²) in [7, 11) is 2.07. The van der Waals surface area contributed by atoms with Crippen LogP contribution >= 0.6 is 0 Å². The van der Waals surface area contributed by atoms with Gasteiger partial charge in [-0.15, -0.1) is 0 Å². The smallest absolute Gasteiger partial charge is 0.193 e. The molecule has 0 aliphatic rings. The van der Waals surface area contributed by atoms with Crippen LogP contribution in [-0.2, 0) is 13.0 Å². The molecule has 0 aliphatic carbocycles. The van der Waals surface area contributed by atoms with Crippen LogP contribution in [0.2, 0.25) is 0 Å². The predicted octanol–water partition coefficient (Wildman–Crippen LogP) is 3.43. The number of nitrogens with zero attached hydrogens (tertiary/aromatic N) is 3. The lowest BCUT2D eigenvalue weighted by atomic mass is 10.1. The van der Waals surface area contributed by atoms with E-state index in [0.29, 0.717) is 6.61 Å². The summed E-state index contributed by atoms with van der Waals surface area (Å²) in [5.74, 6) is 1.83. The highest BCUT2D eigenvalue weighted by molar-refractivity contribution is 5.79. The van der Waals surface area contributed by atoms with Crippen molar-refractivity contribution in [2.75, 3.05) is 26.7 Å². The lowest BCUT2D eigenvalue weighted by molar-refractivity contribution is 0.340. The molecule has 2 aromatic rings. The van der Waals surface area contributed by atoms with Gasteiger partial charge in [-0.2, -0.15) is 0 Å². The molecule has 0 atom stereocenters. The standard InChI is InChI=1S/C21H30N4O/c1-5-23-21(24-14-12-19-11-13-22-15-17(19)3)25(4)16-18-7-9-20(10-8-18)26-6-2/h7-11,13,15H,5-6,12,14,16H2,1-4H3,(H,23,24). The van der Waals surface area contributed by atoms with Gasteiger partial charge in [0.15, 0.2) is 5.96 Å². The third-order valence-corrected chi connectivity index (χ3v) is 4.13. The maximum Gasteiger partial charge on any atom is 0.193 e. The molecular formula is C21H30N4O. The number of aliphatic imine (C=N–C) groups is 1. The molecule has 0 bridgehead atoms. The fourth-order valence-electron chi connectivity index (χ4n) is 2.74. The zero-order valence-corrected chi connectivity index (χ0v) is 16.3. The molecule has 1 aromatic carbocycles. The maximum atomic E-state index is 5.50. The van der Waals surface area contributed by atoms with Gasteiger partial charge in [-0.1, -0.05) is 12.1 Å². The average Bonchev–Trinajstić information content (AvgIpc) is 2.64. The highest BCUT2D eigenvalue weighted by Crippen LogP contribution is 2.13. The molecule has 1 heterocycles. The molecule has 26 heavy (non-hydrogen) atoms. The normalized spacial score (nSPS) is 11.3. The topological polar surface area (TPSA) is 49.8 Å². The van der Waals surface area contributed by atoms with Crippen LogP contribution in [0.3, 0.4) is 0 Å². The monoisotopic (exact) mass is 354 g/mol. The summed E-state index contributed by atoms with van der Waals surface area (Å²) >= 11 is 0. The van der Waals surface area contributed by atoms with Crippen LogP contribution in [0.5, 0.6) is 5.75 Å². The van der Waals surface area contributed by atoms with E-state index in [4.69, 9.17) is 9.73 Å². The van der Waals surface area contributed by atoms with Crippen LogP contribution in [0, 0.1) is 6.92 Å². The van der Waals surface area contributed by atoms with E-state index in [1.165, 1.54) is 16.7 Å². The molecule has 5 heteroatoms. The SMILES string of the molecule is CCNC(=NCCc1ccncc1C)N(C)Cc1ccc(OCC)cc1. The number of pyridine rings is 1. The lowest BCUT2D eigenvalue weighted by Gasteiger charge is -2.22. The minimum absolute atomic E-state index is 0.688. The number of guanidine groups is 1. The van der Waals surface area contributed by atoms with E-state index < -0.39 is 0 Å². The number of ether oxygens (including phenoxy) is 1. The number of benzene rings is 1. The summed E-state index contributed by atoms with van der Waals surface area (Å²) in [4.78, 5) is 11.1. The zero-order chi connectivity index (χ0) is 18.8. The molecule has 0 unspecified atom stereocenters. The summed E-state index contributed by atoms with van der Waals surface area (Å²) < 4.78 is 5.50. The second-order valence-electron chi connectivity index (χ2n) is 6.22. The van der Waals surface area contributed by atoms with Crippen LogP contribution in [0.25, 0.3) is 0 Å². The molecule has 1 aromatic heterocycles. The largest absolute Gasteiger partial charge is 0.494 e. The second-order valence-corrected chi connectivity index (χ2v) is 6.22. The van der Waals surface area contributed by atoms with Gasteiger partial charge < -0.3 is 15.0 Å². The Hall–Kier alpha value is -2.56. The van der Waals surface area contributed by atoms with Crippen LogP contribution in [0.15, 0.2) is 47.7 Å². The number of rotatable bonds is 8. The molecule has 2 rings (SSSR count). The number of hydrogen-bond donors (Lipinski definition) is 1. The molecule has 1 N–H and O–H groups in total. The summed E-state index contributed by atoms with van der Waals surface area (Å²) in [5, 5.41) is 3.37. The lowest BCUT2D eigenvalue weighted by Crippen LogP contribution is -2.38. The number of nitrogens with one attached hydrogen (secondary N) is 1. The molecule has 0 radical (unpaired) electrons.